The highest BCUT2D eigenvalue weighted by Gasteiger charge is 2.28. The summed E-state index contributed by atoms with van der Waals surface area (Å²) in [5, 5.41) is 12.3. The number of hydrogen-bond donors (Lipinski definition) is 2. The normalized spacial score (nSPS) is 18.5. The molecule has 1 aromatic carbocycles. The molecule has 0 radical (unpaired) electrons. The Morgan fingerprint density at radius 1 is 1.23 bits per heavy atom. The summed E-state index contributed by atoms with van der Waals surface area (Å²) in [5.74, 6) is 1.66. The molecule has 0 aliphatic heterocycles. The number of aromatic nitrogens is 1. The summed E-state index contributed by atoms with van der Waals surface area (Å²) in [4.78, 5) is 30.1. The molecule has 168 valence electrons. The number of thiazole rings is 1. The van der Waals surface area contributed by atoms with E-state index >= 15 is 0 Å². The van der Waals surface area contributed by atoms with Gasteiger partial charge in [-0.3, -0.25) is 10.1 Å². The average molecular weight is 480 g/mol. The van der Waals surface area contributed by atoms with E-state index in [2.05, 4.69) is 41.5 Å². The fourth-order valence-corrected chi connectivity index (χ4v) is 6.09. The molecule has 1 aliphatic carbocycles. The van der Waals surface area contributed by atoms with Crippen molar-refractivity contribution in [2.75, 3.05) is 23.4 Å². The van der Waals surface area contributed by atoms with Crippen LogP contribution in [0.3, 0.4) is 0 Å². The van der Waals surface area contributed by atoms with Crippen molar-refractivity contribution in [2.24, 2.45) is 5.92 Å². The van der Waals surface area contributed by atoms with Gasteiger partial charge in [0, 0.05) is 24.1 Å². The maximum atomic E-state index is 13.1. The van der Waals surface area contributed by atoms with Crippen LogP contribution in [0.4, 0.5) is 9.93 Å². The lowest BCUT2D eigenvalue weighted by Crippen LogP contribution is -2.45. The molecule has 0 saturated heterocycles. The third kappa shape index (κ3) is 8.05. The van der Waals surface area contributed by atoms with E-state index < -0.39 is 5.97 Å². The summed E-state index contributed by atoms with van der Waals surface area (Å²) < 4.78 is 0.786. The first-order chi connectivity index (χ1) is 15.0. The lowest BCUT2D eigenvalue weighted by Gasteiger charge is -2.36. The third-order valence-corrected chi connectivity index (χ3v) is 8.41. The Hall–Kier alpha value is -1.71. The molecule has 31 heavy (non-hydrogen) atoms. The topological polar surface area (TPSA) is 82.5 Å². The van der Waals surface area contributed by atoms with Gasteiger partial charge in [0.25, 0.3) is 0 Å². The van der Waals surface area contributed by atoms with E-state index in [1.54, 1.807) is 6.20 Å². The SMILES string of the molecule is C[C@H]1CC[C@H](N(CCSCc2ccccc2)C(=O)Nc2ncc(SCC(=O)O)s2)CC1. The van der Waals surface area contributed by atoms with Gasteiger partial charge in [0.2, 0.25) is 0 Å². The molecule has 0 bridgehead atoms. The van der Waals surface area contributed by atoms with Crippen LogP contribution in [0.15, 0.2) is 40.7 Å². The number of urea groups is 1. The second kappa shape index (κ2) is 12.4. The number of nitrogens with one attached hydrogen (secondary N) is 1. The number of carboxylic acids is 1. The molecule has 1 heterocycles. The number of aliphatic carboxylic acids is 1. The van der Waals surface area contributed by atoms with Crippen LogP contribution < -0.4 is 5.32 Å². The third-order valence-electron chi connectivity index (χ3n) is 5.31. The fraction of sp³-hybridized carbons (Fsp3) is 0.500. The Morgan fingerprint density at radius 3 is 2.68 bits per heavy atom. The summed E-state index contributed by atoms with van der Waals surface area (Å²) in [6.45, 7) is 2.98. The van der Waals surface area contributed by atoms with Gasteiger partial charge in [-0.2, -0.15) is 11.8 Å². The van der Waals surface area contributed by atoms with Crippen LogP contribution in [0.2, 0.25) is 0 Å². The summed E-state index contributed by atoms with van der Waals surface area (Å²) in [6.07, 6.45) is 6.00. The number of carboxylic acid groups (broad SMARTS) is 1. The van der Waals surface area contributed by atoms with Crippen molar-refractivity contribution in [3.05, 3.63) is 42.1 Å². The number of carbonyl (C=O) groups is 2. The molecule has 9 heteroatoms. The van der Waals surface area contributed by atoms with Gasteiger partial charge in [-0.25, -0.2) is 9.78 Å². The lowest BCUT2D eigenvalue weighted by molar-refractivity contribution is -0.133. The Kier molecular flexibility index (Phi) is 9.54. The van der Waals surface area contributed by atoms with Gasteiger partial charge in [-0.1, -0.05) is 48.6 Å². The number of rotatable bonds is 10. The van der Waals surface area contributed by atoms with E-state index in [4.69, 9.17) is 5.11 Å². The highest BCUT2D eigenvalue weighted by atomic mass is 32.2. The molecule has 1 aromatic heterocycles. The van der Waals surface area contributed by atoms with E-state index in [9.17, 15) is 9.59 Å². The molecule has 3 rings (SSSR count). The summed E-state index contributed by atoms with van der Waals surface area (Å²) >= 11 is 4.38. The lowest BCUT2D eigenvalue weighted by atomic mass is 9.86. The number of nitrogens with zero attached hydrogens (tertiary/aromatic N) is 2. The van der Waals surface area contributed by atoms with Crippen LogP contribution in [0.25, 0.3) is 0 Å². The number of hydrogen-bond acceptors (Lipinski definition) is 6. The molecule has 0 unspecified atom stereocenters. The monoisotopic (exact) mass is 479 g/mol. The Morgan fingerprint density at radius 2 is 1.97 bits per heavy atom. The first kappa shape index (κ1) is 23.9. The van der Waals surface area contributed by atoms with Crippen molar-refractivity contribution in [1.82, 2.24) is 9.88 Å². The molecule has 2 amide bonds. The maximum absolute atomic E-state index is 13.1. The predicted octanol–water partition coefficient (Wildman–Crippen LogP) is 5.67. The van der Waals surface area contributed by atoms with Crippen LogP contribution in [0, 0.1) is 5.92 Å². The Balaban J connectivity index is 1.56. The van der Waals surface area contributed by atoms with Crippen LogP contribution in [0.5, 0.6) is 0 Å². The van der Waals surface area contributed by atoms with Crippen molar-refractivity contribution in [3.63, 3.8) is 0 Å². The molecular weight excluding hydrogens is 450 g/mol. The van der Waals surface area contributed by atoms with Crippen molar-refractivity contribution >= 4 is 52.0 Å². The van der Waals surface area contributed by atoms with Crippen molar-refractivity contribution in [3.8, 4) is 0 Å². The van der Waals surface area contributed by atoms with Crippen LogP contribution in [-0.2, 0) is 10.5 Å². The number of thioether (sulfide) groups is 2. The van der Waals surface area contributed by atoms with Crippen molar-refractivity contribution in [1.29, 1.82) is 0 Å². The Labute approximate surface area is 196 Å². The minimum atomic E-state index is -0.866. The second-order valence-electron chi connectivity index (χ2n) is 7.74. The first-order valence-corrected chi connectivity index (χ1v) is 13.5. The van der Waals surface area contributed by atoms with E-state index in [1.165, 1.54) is 28.7 Å². The fourth-order valence-electron chi connectivity index (χ4n) is 3.61. The van der Waals surface area contributed by atoms with E-state index in [-0.39, 0.29) is 17.8 Å². The minimum Gasteiger partial charge on any atom is -0.481 e. The highest BCUT2D eigenvalue weighted by molar-refractivity contribution is 8.01. The molecule has 2 aromatic rings. The van der Waals surface area contributed by atoms with Gasteiger partial charge in [-0.15, -0.1) is 11.8 Å². The van der Waals surface area contributed by atoms with Gasteiger partial charge >= 0.3 is 12.0 Å². The number of carbonyl (C=O) groups excluding carboxylic acids is 1. The molecule has 6 nitrogen and oxygen atoms in total. The zero-order valence-electron chi connectivity index (χ0n) is 17.7. The van der Waals surface area contributed by atoms with Crippen molar-refractivity contribution in [2.45, 2.75) is 48.6 Å². The number of benzene rings is 1. The van der Waals surface area contributed by atoms with E-state index in [0.717, 1.165) is 47.3 Å². The van der Waals surface area contributed by atoms with Gasteiger partial charge < -0.3 is 10.0 Å². The summed E-state index contributed by atoms with van der Waals surface area (Å²) in [7, 11) is 0. The molecule has 0 spiro atoms. The number of amides is 2. The minimum absolute atomic E-state index is 0.0133. The zero-order chi connectivity index (χ0) is 22.1. The maximum Gasteiger partial charge on any atom is 0.323 e. The molecule has 2 N–H and O–H groups in total. The van der Waals surface area contributed by atoms with Gasteiger partial charge in [0.05, 0.1) is 16.2 Å². The molecular formula is C22H29N3O3S3. The van der Waals surface area contributed by atoms with Crippen molar-refractivity contribution < 1.29 is 14.7 Å². The predicted molar refractivity (Wildman–Crippen MR) is 130 cm³/mol. The van der Waals surface area contributed by atoms with Crippen LogP contribution >= 0.6 is 34.9 Å². The molecule has 1 saturated carbocycles. The molecule has 0 atom stereocenters. The first-order valence-electron chi connectivity index (χ1n) is 10.5. The van der Waals surface area contributed by atoms with Gasteiger partial charge in [-0.05, 0) is 37.2 Å². The van der Waals surface area contributed by atoms with Crippen LogP contribution in [0.1, 0.15) is 38.2 Å². The van der Waals surface area contributed by atoms with E-state index in [1.807, 2.05) is 22.7 Å². The second-order valence-corrected chi connectivity index (χ2v) is 11.2. The average Bonchev–Trinajstić information content (AvgIpc) is 3.21. The Bertz CT molecular complexity index is 839. The summed E-state index contributed by atoms with van der Waals surface area (Å²) in [6, 6.07) is 10.5. The number of anilines is 1. The van der Waals surface area contributed by atoms with Gasteiger partial charge in [0.15, 0.2) is 5.13 Å². The zero-order valence-corrected chi connectivity index (χ0v) is 20.1. The highest BCUT2D eigenvalue weighted by Crippen LogP contribution is 2.30. The van der Waals surface area contributed by atoms with E-state index in [0.29, 0.717) is 11.7 Å². The summed E-state index contributed by atoms with van der Waals surface area (Å²) in [5.41, 5.74) is 1.30. The van der Waals surface area contributed by atoms with Gasteiger partial charge in [0.1, 0.15) is 0 Å². The standard InChI is InChI=1S/C22H29N3O3S3/c1-16-7-9-18(10-8-16)25(11-12-29-14-17-5-3-2-4-6-17)22(28)24-21-23-13-20(31-21)30-15-19(26)27/h2-6,13,16,18H,7-12,14-15H2,1H3,(H,26,27)(H,23,24,28)/t16-,18-. The molecule has 1 fully saturated rings. The smallest absolute Gasteiger partial charge is 0.323 e. The quantitative estimate of drug-likeness (QED) is 0.338. The largest absolute Gasteiger partial charge is 0.481 e. The van der Waals surface area contributed by atoms with Crippen LogP contribution in [-0.4, -0.2) is 51.1 Å². The molecule has 1 aliphatic rings.